The Bertz CT molecular complexity index is 389. The number of hydrogen-bond donors (Lipinski definition) is 0. The van der Waals surface area contributed by atoms with Gasteiger partial charge in [-0.3, -0.25) is 9.59 Å². The standard InChI is InChI=1S/C26H48O3/c1-3-5-6-7-8-9-10-11-12-13-14-15-16-17-18-19-20-21-22-23-25(27)24-26(28)29-4-2/h4H,2-3,5-24H2,1H3. The summed E-state index contributed by atoms with van der Waals surface area (Å²) in [6.07, 6.45) is 27.0. The van der Waals surface area contributed by atoms with Crippen molar-refractivity contribution >= 4 is 11.8 Å². The second kappa shape index (κ2) is 23.2. The van der Waals surface area contributed by atoms with E-state index >= 15 is 0 Å². The van der Waals surface area contributed by atoms with Crippen LogP contribution in [0.1, 0.15) is 142 Å². The van der Waals surface area contributed by atoms with Crippen LogP contribution in [-0.4, -0.2) is 11.8 Å². The van der Waals surface area contributed by atoms with Crippen LogP contribution in [0, 0.1) is 0 Å². The molecule has 0 saturated heterocycles. The summed E-state index contributed by atoms with van der Waals surface area (Å²) in [6.45, 7) is 5.59. The zero-order valence-electron chi connectivity index (χ0n) is 19.4. The molecule has 3 heteroatoms. The van der Waals surface area contributed by atoms with Crippen LogP contribution >= 0.6 is 0 Å². The van der Waals surface area contributed by atoms with E-state index in [4.69, 9.17) is 0 Å². The number of ketones is 1. The Morgan fingerprint density at radius 1 is 0.621 bits per heavy atom. The van der Waals surface area contributed by atoms with Gasteiger partial charge >= 0.3 is 5.97 Å². The molecule has 170 valence electrons. The summed E-state index contributed by atoms with van der Waals surface area (Å²) < 4.78 is 4.56. The van der Waals surface area contributed by atoms with E-state index in [9.17, 15) is 9.59 Å². The highest BCUT2D eigenvalue weighted by Crippen LogP contribution is 2.15. The Kier molecular flexibility index (Phi) is 22.3. The Balaban J connectivity index is 3.14. The lowest BCUT2D eigenvalue weighted by molar-refractivity contribution is -0.141. The third kappa shape index (κ3) is 23.0. The Labute approximate surface area is 181 Å². The van der Waals surface area contributed by atoms with E-state index < -0.39 is 5.97 Å². The molecule has 0 amide bonds. The van der Waals surface area contributed by atoms with E-state index in [2.05, 4.69) is 18.2 Å². The lowest BCUT2D eigenvalue weighted by Gasteiger charge is -2.04. The predicted molar refractivity (Wildman–Crippen MR) is 124 cm³/mol. The SMILES string of the molecule is C=COC(=O)CC(=O)CCCCCCCCCCCCCCCCCCCCC. The van der Waals surface area contributed by atoms with E-state index in [1.807, 2.05) is 0 Å². The fraction of sp³-hybridized carbons (Fsp3) is 0.846. The van der Waals surface area contributed by atoms with Crippen molar-refractivity contribution in [3.05, 3.63) is 12.8 Å². The summed E-state index contributed by atoms with van der Waals surface area (Å²) in [4.78, 5) is 22.7. The van der Waals surface area contributed by atoms with Crippen LogP contribution in [0.2, 0.25) is 0 Å². The second-order valence-electron chi connectivity index (χ2n) is 8.49. The molecule has 0 aliphatic carbocycles. The van der Waals surface area contributed by atoms with Gasteiger partial charge < -0.3 is 4.74 Å². The van der Waals surface area contributed by atoms with Gasteiger partial charge in [0.05, 0.1) is 6.26 Å². The Morgan fingerprint density at radius 2 is 0.966 bits per heavy atom. The number of Topliss-reactive ketones (excluding diaryl/α,β-unsaturated/α-hetero) is 1. The summed E-state index contributed by atoms with van der Waals surface area (Å²) in [5.41, 5.74) is 0. The number of esters is 1. The molecular formula is C26H48O3. The summed E-state index contributed by atoms with van der Waals surface area (Å²) in [6, 6.07) is 0. The molecule has 29 heavy (non-hydrogen) atoms. The molecule has 0 rings (SSSR count). The van der Waals surface area contributed by atoms with Gasteiger partial charge in [0.15, 0.2) is 0 Å². The van der Waals surface area contributed by atoms with Gasteiger partial charge in [-0.25, -0.2) is 0 Å². The fourth-order valence-electron chi connectivity index (χ4n) is 3.78. The van der Waals surface area contributed by atoms with Gasteiger partial charge in [-0.15, -0.1) is 0 Å². The number of carbonyl (C=O) groups is 2. The van der Waals surface area contributed by atoms with Gasteiger partial charge in [0, 0.05) is 6.42 Å². The maximum atomic E-state index is 11.6. The van der Waals surface area contributed by atoms with Crippen LogP contribution < -0.4 is 0 Å². The first kappa shape index (κ1) is 27.9. The largest absolute Gasteiger partial charge is 0.435 e. The number of hydrogen-bond acceptors (Lipinski definition) is 3. The summed E-state index contributed by atoms with van der Waals surface area (Å²) in [7, 11) is 0. The zero-order chi connectivity index (χ0) is 21.4. The molecule has 0 atom stereocenters. The molecule has 0 aliphatic heterocycles. The molecule has 0 aromatic carbocycles. The van der Waals surface area contributed by atoms with Crippen molar-refractivity contribution in [2.24, 2.45) is 0 Å². The highest BCUT2D eigenvalue weighted by atomic mass is 16.5. The van der Waals surface area contributed by atoms with Gasteiger partial charge in [0.2, 0.25) is 0 Å². The van der Waals surface area contributed by atoms with Gasteiger partial charge in [0.1, 0.15) is 12.2 Å². The predicted octanol–water partition coefficient (Wildman–Crippen LogP) is 8.45. The van der Waals surface area contributed by atoms with Crippen molar-refractivity contribution in [3.8, 4) is 0 Å². The molecule has 0 spiro atoms. The molecule has 3 nitrogen and oxygen atoms in total. The zero-order valence-corrected chi connectivity index (χ0v) is 19.4. The fourth-order valence-corrected chi connectivity index (χ4v) is 3.78. The molecule has 0 radical (unpaired) electrons. The third-order valence-electron chi connectivity index (χ3n) is 5.62. The number of rotatable bonds is 23. The normalized spacial score (nSPS) is 10.8. The van der Waals surface area contributed by atoms with Gasteiger partial charge in [-0.05, 0) is 6.42 Å². The second-order valence-corrected chi connectivity index (χ2v) is 8.49. The summed E-state index contributed by atoms with van der Waals surface area (Å²) in [5, 5.41) is 0. The molecule has 0 aromatic rings. The number of ether oxygens (including phenoxy) is 1. The van der Waals surface area contributed by atoms with E-state index in [0.717, 1.165) is 19.1 Å². The quantitative estimate of drug-likeness (QED) is 0.0737. The topological polar surface area (TPSA) is 43.4 Å². The lowest BCUT2D eigenvalue weighted by atomic mass is 10.0. The number of carbonyl (C=O) groups excluding carboxylic acids is 2. The summed E-state index contributed by atoms with van der Waals surface area (Å²) in [5.74, 6) is -0.522. The van der Waals surface area contributed by atoms with Crippen LogP contribution in [-0.2, 0) is 14.3 Å². The van der Waals surface area contributed by atoms with Crippen molar-refractivity contribution in [2.75, 3.05) is 0 Å². The average molecular weight is 409 g/mol. The average Bonchev–Trinajstić information content (AvgIpc) is 2.70. The highest BCUT2D eigenvalue weighted by molar-refractivity contribution is 5.95. The third-order valence-corrected chi connectivity index (χ3v) is 5.62. The number of unbranched alkanes of at least 4 members (excludes halogenated alkanes) is 18. The van der Waals surface area contributed by atoms with Crippen molar-refractivity contribution in [3.63, 3.8) is 0 Å². The van der Waals surface area contributed by atoms with E-state index in [-0.39, 0.29) is 12.2 Å². The molecule has 0 heterocycles. The molecule has 0 saturated carbocycles. The Hall–Kier alpha value is -1.12. The monoisotopic (exact) mass is 408 g/mol. The minimum absolute atomic E-state index is 0.0242. The van der Waals surface area contributed by atoms with Crippen LogP contribution in [0.4, 0.5) is 0 Å². The van der Waals surface area contributed by atoms with Crippen LogP contribution in [0.3, 0.4) is 0 Å². The molecule has 0 bridgehead atoms. The maximum absolute atomic E-state index is 11.6. The Morgan fingerprint density at radius 3 is 1.31 bits per heavy atom. The van der Waals surface area contributed by atoms with E-state index in [1.54, 1.807) is 0 Å². The van der Waals surface area contributed by atoms with Gasteiger partial charge in [-0.2, -0.15) is 0 Å². The maximum Gasteiger partial charge on any atom is 0.318 e. The summed E-state index contributed by atoms with van der Waals surface area (Å²) >= 11 is 0. The van der Waals surface area contributed by atoms with E-state index in [0.29, 0.717) is 6.42 Å². The minimum Gasteiger partial charge on any atom is -0.435 e. The minimum atomic E-state index is -0.497. The molecule has 0 aliphatic rings. The first-order valence-corrected chi connectivity index (χ1v) is 12.5. The van der Waals surface area contributed by atoms with Crippen molar-refractivity contribution in [2.45, 2.75) is 142 Å². The molecule has 0 unspecified atom stereocenters. The molecule has 0 fully saturated rings. The first-order valence-electron chi connectivity index (χ1n) is 12.5. The molecule has 0 N–H and O–H groups in total. The lowest BCUT2D eigenvalue weighted by Crippen LogP contribution is -2.08. The van der Waals surface area contributed by atoms with Crippen LogP contribution in [0.5, 0.6) is 0 Å². The first-order chi connectivity index (χ1) is 14.2. The molecular weight excluding hydrogens is 360 g/mol. The smallest absolute Gasteiger partial charge is 0.318 e. The van der Waals surface area contributed by atoms with Crippen molar-refractivity contribution < 1.29 is 14.3 Å². The van der Waals surface area contributed by atoms with Crippen molar-refractivity contribution in [1.29, 1.82) is 0 Å². The van der Waals surface area contributed by atoms with Crippen LogP contribution in [0.15, 0.2) is 12.8 Å². The molecule has 0 aromatic heterocycles. The van der Waals surface area contributed by atoms with E-state index in [1.165, 1.54) is 109 Å². The van der Waals surface area contributed by atoms with Gasteiger partial charge in [0.25, 0.3) is 0 Å². The highest BCUT2D eigenvalue weighted by Gasteiger charge is 2.09. The van der Waals surface area contributed by atoms with Gasteiger partial charge in [-0.1, -0.05) is 129 Å². The van der Waals surface area contributed by atoms with Crippen LogP contribution in [0.25, 0.3) is 0 Å². The van der Waals surface area contributed by atoms with Crippen molar-refractivity contribution in [1.82, 2.24) is 0 Å².